The minimum atomic E-state index is 0.540. The monoisotopic (exact) mass is 423 g/mol. The number of hydrogen-bond acceptors (Lipinski definition) is 2. The zero-order chi connectivity index (χ0) is 22.7. The van der Waals surface area contributed by atoms with Gasteiger partial charge in [-0.05, 0) is 54.0 Å². The summed E-state index contributed by atoms with van der Waals surface area (Å²) in [6.45, 7) is 13.0. The van der Waals surface area contributed by atoms with Crippen molar-refractivity contribution in [3.05, 3.63) is 84.1 Å². The van der Waals surface area contributed by atoms with Crippen molar-refractivity contribution in [2.24, 2.45) is 10.9 Å². The fourth-order valence-corrected chi connectivity index (χ4v) is 4.50. The van der Waals surface area contributed by atoms with Crippen LogP contribution in [0.15, 0.2) is 82.3 Å². The molecule has 32 heavy (non-hydrogen) atoms. The molecule has 1 heterocycles. The fraction of sp³-hybridized carbons (Fsp3) is 0.300. The first-order chi connectivity index (χ1) is 15.5. The highest BCUT2D eigenvalue weighted by atomic mass is 16.3. The maximum Gasteiger partial charge on any atom is 0.144 e. The third-order valence-electron chi connectivity index (χ3n) is 5.91. The summed E-state index contributed by atoms with van der Waals surface area (Å²) < 4.78 is 6.57. The van der Waals surface area contributed by atoms with Gasteiger partial charge in [0.25, 0.3) is 0 Å². The standard InChI is InChI=1S/C30H33NO/c1-6-11-23-14-17-26-25-16-15-24(22-12-9-8-10-13-22)19-28(25)32-30(26)29(23)27(7-2)31-21(5)18-20(3)4/h8-10,12-17,19-20H,5-7,11,18H2,1-4H3. The van der Waals surface area contributed by atoms with Gasteiger partial charge in [-0.1, -0.05) is 89.2 Å². The molecular formula is C30H33NO. The average Bonchev–Trinajstić information content (AvgIpc) is 3.15. The lowest BCUT2D eigenvalue weighted by atomic mass is 9.94. The SMILES string of the molecule is C=C(CC(C)C)N=C(CC)c1c(CCC)ccc2c1oc1cc(-c3ccccc3)ccc12. The number of allylic oxidation sites excluding steroid dienone is 1. The Labute approximate surface area is 191 Å². The Morgan fingerprint density at radius 2 is 1.69 bits per heavy atom. The highest BCUT2D eigenvalue weighted by Gasteiger charge is 2.18. The van der Waals surface area contributed by atoms with E-state index in [1.165, 1.54) is 16.7 Å². The number of aliphatic imine (C=N–C) groups is 1. The van der Waals surface area contributed by atoms with E-state index in [9.17, 15) is 0 Å². The minimum absolute atomic E-state index is 0.540. The van der Waals surface area contributed by atoms with Crippen molar-refractivity contribution >= 4 is 27.7 Å². The first-order valence-corrected chi connectivity index (χ1v) is 11.8. The summed E-state index contributed by atoms with van der Waals surface area (Å²) in [5.74, 6) is 0.540. The zero-order valence-electron chi connectivity index (χ0n) is 19.7. The van der Waals surface area contributed by atoms with Crippen molar-refractivity contribution in [2.45, 2.75) is 53.4 Å². The van der Waals surface area contributed by atoms with Gasteiger partial charge in [0.1, 0.15) is 11.2 Å². The molecule has 1 aromatic heterocycles. The molecule has 0 spiro atoms. The molecule has 0 radical (unpaired) electrons. The molecule has 0 amide bonds. The number of hydrogen-bond donors (Lipinski definition) is 0. The van der Waals surface area contributed by atoms with Crippen LogP contribution in [0.3, 0.4) is 0 Å². The van der Waals surface area contributed by atoms with Crippen molar-refractivity contribution in [3.63, 3.8) is 0 Å². The second-order valence-electron chi connectivity index (χ2n) is 8.98. The topological polar surface area (TPSA) is 25.5 Å². The number of benzene rings is 3. The van der Waals surface area contributed by atoms with Gasteiger partial charge < -0.3 is 4.42 Å². The van der Waals surface area contributed by atoms with E-state index in [4.69, 9.17) is 9.41 Å². The van der Waals surface area contributed by atoms with E-state index in [1.807, 2.05) is 6.07 Å². The highest BCUT2D eigenvalue weighted by Crippen LogP contribution is 2.36. The Bertz CT molecular complexity index is 1270. The van der Waals surface area contributed by atoms with Gasteiger partial charge in [-0.25, -0.2) is 0 Å². The molecule has 0 atom stereocenters. The van der Waals surface area contributed by atoms with Gasteiger partial charge in [-0.2, -0.15) is 0 Å². The van der Waals surface area contributed by atoms with Gasteiger partial charge in [0, 0.05) is 22.0 Å². The normalized spacial score (nSPS) is 12.2. The first kappa shape index (κ1) is 22.1. The summed E-state index contributed by atoms with van der Waals surface area (Å²) in [5.41, 5.74) is 8.73. The Balaban J connectivity index is 1.92. The predicted octanol–water partition coefficient (Wildman–Crippen LogP) is 8.96. The molecule has 0 aliphatic rings. The lowest BCUT2D eigenvalue weighted by Crippen LogP contribution is -2.06. The van der Waals surface area contributed by atoms with Gasteiger partial charge in [-0.15, -0.1) is 0 Å². The van der Waals surface area contributed by atoms with Crippen LogP contribution in [0.1, 0.15) is 58.1 Å². The van der Waals surface area contributed by atoms with Crippen LogP contribution in [0.4, 0.5) is 0 Å². The van der Waals surface area contributed by atoms with Crippen molar-refractivity contribution in [3.8, 4) is 11.1 Å². The summed E-state index contributed by atoms with van der Waals surface area (Å²) in [5, 5.41) is 2.31. The highest BCUT2D eigenvalue weighted by molar-refractivity contribution is 6.16. The lowest BCUT2D eigenvalue weighted by molar-refractivity contribution is 0.640. The van der Waals surface area contributed by atoms with E-state index in [2.05, 4.69) is 88.9 Å². The predicted molar refractivity (Wildman–Crippen MR) is 139 cm³/mol. The zero-order valence-corrected chi connectivity index (χ0v) is 19.7. The molecule has 0 aliphatic carbocycles. The van der Waals surface area contributed by atoms with Crippen LogP contribution in [0.2, 0.25) is 0 Å². The fourth-order valence-electron chi connectivity index (χ4n) is 4.50. The molecule has 2 heteroatoms. The smallest absolute Gasteiger partial charge is 0.144 e. The van der Waals surface area contributed by atoms with Crippen molar-refractivity contribution < 1.29 is 4.42 Å². The first-order valence-electron chi connectivity index (χ1n) is 11.8. The molecule has 0 aliphatic heterocycles. The third kappa shape index (κ3) is 4.41. The Hall–Kier alpha value is -3.13. The Morgan fingerprint density at radius 1 is 0.938 bits per heavy atom. The summed E-state index contributed by atoms with van der Waals surface area (Å²) in [7, 11) is 0. The molecule has 0 saturated heterocycles. The maximum absolute atomic E-state index is 6.57. The molecule has 0 fully saturated rings. The average molecular weight is 424 g/mol. The van der Waals surface area contributed by atoms with Crippen molar-refractivity contribution in [1.29, 1.82) is 0 Å². The number of rotatable bonds is 8. The van der Waals surface area contributed by atoms with Crippen molar-refractivity contribution in [2.75, 3.05) is 0 Å². The van der Waals surface area contributed by atoms with E-state index in [-0.39, 0.29) is 0 Å². The Morgan fingerprint density at radius 3 is 2.38 bits per heavy atom. The van der Waals surface area contributed by atoms with Gasteiger partial charge in [-0.3, -0.25) is 4.99 Å². The molecule has 2 nitrogen and oxygen atoms in total. The molecule has 4 rings (SSSR count). The molecule has 164 valence electrons. The second-order valence-corrected chi connectivity index (χ2v) is 8.98. The van der Waals surface area contributed by atoms with Gasteiger partial charge in [0.05, 0.1) is 5.71 Å². The van der Waals surface area contributed by atoms with Crippen LogP contribution in [-0.2, 0) is 6.42 Å². The molecule has 4 aromatic rings. The van der Waals surface area contributed by atoms with E-state index in [1.54, 1.807) is 0 Å². The number of nitrogens with zero attached hydrogens (tertiary/aromatic N) is 1. The van der Waals surface area contributed by atoms with E-state index in [0.717, 1.165) is 64.6 Å². The van der Waals surface area contributed by atoms with E-state index in [0.29, 0.717) is 5.92 Å². The van der Waals surface area contributed by atoms with Crippen molar-refractivity contribution in [1.82, 2.24) is 0 Å². The van der Waals surface area contributed by atoms with E-state index >= 15 is 0 Å². The van der Waals surface area contributed by atoms with Crippen LogP contribution in [-0.4, -0.2) is 5.71 Å². The molecule has 3 aromatic carbocycles. The van der Waals surface area contributed by atoms with E-state index < -0.39 is 0 Å². The number of aryl methyl sites for hydroxylation is 1. The third-order valence-corrected chi connectivity index (χ3v) is 5.91. The maximum atomic E-state index is 6.57. The van der Waals surface area contributed by atoms with Gasteiger partial charge in [0.15, 0.2) is 0 Å². The molecule has 0 bridgehead atoms. The molecular weight excluding hydrogens is 390 g/mol. The summed E-state index contributed by atoms with van der Waals surface area (Å²) >= 11 is 0. The summed E-state index contributed by atoms with van der Waals surface area (Å²) in [6, 6.07) is 21.5. The number of furan rings is 1. The van der Waals surface area contributed by atoms with Crippen LogP contribution in [0, 0.1) is 5.92 Å². The molecule has 0 saturated carbocycles. The quantitative estimate of drug-likeness (QED) is 0.260. The minimum Gasteiger partial charge on any atom is -0.455 e. The van der Waals surface area contributed by atoms with Gasteiger partial charge >= 0.3 is 0 Å². The molecule has 0 N–H and O–H groups in total. The second kappa shape index (κ2) is 9.56. The Kier molecular flexibility index (Phi) is 6.60. The largest absolute Gasteiger partial charge is 0.455 e. The number of fused-ring (bicyclic) bond motifs is 3. The van der Waals surface area contributed by atoms with Crippen LogP contribution >= 0.6 is 0 Å². The van der Waals surface area contributed by atoms with Crippen LogP contribution in [0.25, 0.3) is 33.1 Å². The van der Waals surface area contributed by atoms with Crippen LogP contribution < -0.4 is 0 Å². The molecule has 0 unspecified atom stereocenters. The summed E-state index contributed by atoms with van der Waals surface area (Å²) in [6.07, 6.45) is 3.84. The van der Waals surface area contributed by atoms with Crippen LogP contribution in [0.5, 0.6) is 0 Å². The van der Waals surface area contributed by atoms with Gasteiger partial charge in [0.2, 0.25) is 0 Å². The lowest BCUT2D eigenvalue weighted by Gasteiger charge is -2.13. The summed E-state index contributed by atoms with van der Waals surface area (Å²) in [4.78, 5) is 5.00.